The lowest BCUT2D eigenvalue weighted by molar-refractivity contribution is -0.149. The molecule has 0 N–H and O–H groups in total. The molecule has 0 saturated carbocycles. The molecule has 0 saturated heterocycles. The fourth-order valence-electron chi connectivity index (χ4n) is 1.61. The summed E-state index contributed by atoms with van der Waals surface area (Å²) in [6.45, 7) is 1.89. The summed E-state index contributed by atoms with van der Waals surface area (Å²) < 4.78 is 4.47. The van der Waals surface area contributed by atoms with Crippen molar-refractivity contribution in [1.29, 1.82) is 0 Å². The first-order valence-corrected chi connectivity index (χ1v) is 4.92. The lowest BCUT2D eigenvalue weighted by atomic mass is 10.00. The zero-order valence-corrected chi connectivity index (χ0v) is 8.77. The number of benzene rings is 1. The number of esters is 2. The van der Waals surface area contributed by atoms with Crippen LogP contribution in [0.3, 0.4) is 0 Å². The van der Waals surface area contributed by atoms with Gasteiger partial charge in [-0.15, -0.1) is 0 Å². The Morgan fingerprint density at radius 3 is 2.56 bits per heavy atom. The van der Waals surface area contributed by atoms with Gasteiger partial charge in [-0.3, -0.25) is 0 Å². The summed E-state index contributed by atoms with van der Waals surface area (Å²) in [7, 11) is 0. The van der Waals surface area contributed by atoms with Crippen molar-refractivity contribution in [3.8, 4) is 0 Å². The standard InChI is InChI=1S/C13H10O3/c1-2-5-9-6-3-4-7-10(9)11-8-12(14)16-13(11)15/h2-8H,1H3. The summed E-state index contributed by atoms with van der Waals surface area (Å²) in [5.41, 5.74) is 1.93. The zero-order valence-electron chi connectivity index (χ0n) is 8.77. The first-order chi connectivity index (χ1) is 7.72. The molecule has 0 atom stereocenters. The summed E-state index contributed by atoms with van der Waals surface area (Å²) in [5.74, 6) is -1.18. The molecule has 0 unspecified atom stereocenters. The normalized spacial score (nSPS) is 15.4. The predicted octanol–water partition coefficient (Wildman–Crippen LogP) is 2.19. The van der Waals surface area contributed by atoms with E-state index in [0.717, 1.165) is 11.1 Å². The highest BCUT2D eigenvalue weighted by Crippen LogP contribution is 2.25. The molecule has 16 heavy (non-hydrogen) atoms. The van der Waals surface area contributed by atoms with E-state index < -0.39 is 11.9 Å². The molecule has 1 aromatic rings. The number of ether oxygens (including phenoxy) is 1. The lowest BCUT2D eigenvalue weighted by Gasteiger charge is -2.03. The minimum atomic E-state index is -0.602. The summed E-state index contributed by atoms with van der Waals surface area (Å²) >= 11 is 0. The molecule has 3 nitrogen and oxygen atoms in total. The SMILES string of the molecule is CC=Cc1ccccc1C1=CC(=O)OC1=O. The number of hydrogen-bond acceptors (Lipinski definition) is 3. The summed E-state index contributed by atoms with van der Waals surface area (Å²) in [5, 5.41) is 0. The monoisotopic (exact) mass is 214 g/mol. The van der Waals surface area contributed by atoms with Crippen molar-refractivity contribution < 1.29 is 14.3 Å². The number of allylic oxidation sites excluding steroid dienone is 1. The molecule has 0 radical (unpaired) electrons. The van der Waals surface area contributed by atoms with Crippen LogP contribution in [0, 0.1) is 0 Å². The van der Waals surface area contributed by atoms with Crippen molar-refractivity contribution in [3.63, 3.8) is 0 Å². The molecule has 2 rings (SSSR count). The van der Waals surface area contributed by atoms with Gasteiger partial charge in [0.1, 0.15) is 0 Å². The van der Waals surface area contributed by atoms with E-state index >= 15 is 0 Å². The molecule has 0 aromatic heterocycles. The highest BCUT2D eigenvalue weighted by molar-refractivity contribution is 6.28. The van der Waals surface area contributed by atoms with Gasteiger partial charge in [-0.25, -0.2) is 9.59 Å². The van der Waals surface area contributed by atoms with Crippen molar-refractivity contribution in [2.75, 3.05) is 0 Å². The number of cyclic esters (lactones) is 2. The number of carbonyl (C=O) groups is 2. The average molecular weight is 214 g/mol. The molecule has 80 valence electrons. The van der Waals surface area contributed by atoms with Crippen molar-refractivity contribution in [2.24, 2.45) is 0 Å². The fourth-order valence-corrected chi connectivity index (χ4v) is 1.61. The van der Waals surface area contributed by atoms with Crippen molar-refractivity contribution >= 4 is 23.6 Å². The maximum Gasteiger partial charge on any atom is 0.346 e. The van der Waals surface area contributed by atoms with Crippen LogP contribution in [0.1, 0.15) is 18.1 Å². The van der Waals surface area contributed by atoms with E-state index in [-0.39, 0.29) is 0 Å². The molecular formula is C13H10O3. The van der Waals surface area contributed by atoms with E-state index in [1.54, 1.807) is 6.07 Å². The van der Waals surface area contributed by atoms with Gasteiger partial charge in [0.15, 0.2) is 0 Å². The van der Waals surface area contributed by atoms with Gasteiger partial charge in [0.2, 0.25) is 0 Å². The van der Waals surface area contributed by atoms with Gasteiger partial charge in [0.05, 0.1) is 5.57 Å². The van der Waals surface area contributed by atoms with Gasteiger partial charge in [0.25, 0.3) is 0 Å². The van der Waals surface area contributed by atoms with Crippen LogP contribution < -0.4 is 0 Å². The van der Waals surface area contributed by atoms with Crippen LogP contribution in [0.15, 0.2) is 36.4 Å². The van der Waals surface area contributed by atoms with E-state index in [0.29, 0.717) is 5.57 Å². The summed E-state index contributed by atoms with van der Waals surface area (Å²) in [6, 6.07) is 7.37. The Morgan fingerprint density at radius 2 is 1.94 bits per heavy atom. The first kappa shape index (κ1) is 10.4. The maximum absolute atomic E-state index is 11.4. The molecule has 0 fully saturated rings. The maximum atomic E-state index is 11.4. The molecular weight excluding hydrogens is 204 g/mol. The van der Waals surface area contributed by atoms with Gasteiger partial charge in [0, 0.05) is 6.08 Å². The van der Waals surface area contributed by atoms with E-state index in [1.807, 2.05) is 37.3 Å². The van der Waals surface area contributed by atoms with E-state index in [2.05, 4.69) is 4.74 Å². The molecule has 1 heterocycles. The third kappa shape index (κ3) is 1.80. The number of hydrogen-bond donors (Lipinski definition) is 0. The predicted molar refractivity (Wildman–Crippen MR) is 60.2 cm³/mol. The Labute approximate surface area is 93.0 Å². The van der Waals surface area contributed by atoms with Crippen molar-refractivity contribution in [1.82, 2.24) is 0 Å². The molecule has 1 aromatic carbocycles. The fraction of sp³-hybridized carbons (Fsp3) is 0.0769. The molecule has 1 aliphatic rings. The van der Waals surface area contributed by atoms with E-state index in [1.165, 1.54) is 6.08 Å². The first-order valence-electron chi connectivity index (χ1n) is 4.92. The number of rotatable bonds is 2. The highest BCUT2D eigenvalue weighted by atomic mass is 16.6. The Morgan fingerprint density at radius 1 is 1.19 bits per heavy atom. The van der Waals surface area contributed by atoms with Crippen LogP contribution in [0.2, 0.25) is 0 Å². The minimum absolute atomic E-state index is 0.318. The average Bonchev–Trinajstić information content (AvgIpc) is 2.59. The topological polar surface area (TPSA) is 43.4 Å². The third-order valence-electron chi connectivity index (χ3n) is 2.27. The second-order valence-electron chi connectivity index (χ2n) is 3.35. The molecule has 1 aliphatic heterocycles. The third-order valence-corrected chi connectivity index (χ3v) is 2.27. The Balaban J connectivity index is 2.52. The van der Waals surface area contributed by atoms with Crippen LogP contribution in [0.4, 0.5) is 0 Å². The molecule has 0 aliphatic carbocycles. The largest absolute Gasteiger partial charge is 0.386 e. The summed E-state index contributed by atoms with van der Waals surface area (Å²) in [4.78, 5) is 22.4. The van der Waals surface area contributed by atoms with E-state index in [4.69, 9.17) is 0 Å². The Kier molecular flexibility index (Phi) is 2.68. The van der Waals surface area contributed by atoms with Crippen LogP contribution in [0.25, 0.3) is 11.6 Å². The quantitative estimate of drug-likeness (QED) is 0.559. The van der Waals surface area contributed by atoms with Gasteiger partial charge >= 0.3 is 11.9 Å². The van der Waals surface area contributed by atoms with Crippen LogP contribution >= 0.6 is 0 Å². The smallest absolute Gasteiger partial charge is 0.346 e. The second kappa shape index (κ2) is 4.14. The Bertz CT molecular complexity index is 510. The Hall–Kier alpha value is -2.16. The zero-order chi connectivity index (χ0) is 11.5. The van der Waals surface area contributed by atoms with Gasteiger partial charge in [-0.1, -0.05) is 36.4 Å². The molecule has 3 heteroatoms. The van der Waals surface area contributed by atoms with Crippen LogP contribution in [-0.2, 0) is 14.3 Å². The highest BCUT2D eigenvalue weighted by Gasteiger charge is 2.25. The van der Waals surface area contributed by atoms with Crippen molar-refractivity contribution in [2.45, 2.75) is 6.92 Å². The van der Waals surface area contributed by atoms with Gasteiger partial charge < -0.3 is 4.74 Å². The molecule has 0 bridgehead atoms. The second-order valence-corrected chi connectivity index (χ2v) is 3.35. The van der Waals surface area contributed by atoms with Crippen LogP contribution in [0.5, 0.6) is 0 Å². The number of carbonyl (C=O) groups excluding carboxylic acids is 2. The van der Waals surface area contributed by atoms with Gasteiger partial charge in [-0.2, -0.15) is 0 Å². The van der Waals surface area contributed by atoms with Gasteiger partial charge in [-0.05, 0) is 18.1 Å². The summed E-state index contributed by atoms with van der Waals surface area (Å²) in [6.07, 6.45) is 4.98. The van der Waals surface area contributed by atoms with Crippen LogP contribution in [-0.4, -0.2) is 11.9 Å². The van der Waals surface area contributed by atoms with Crippen molar-refractivity contribution in [3.05, 3.63) is 47.5 Å². The van der Waals surface area contributed by atoms with E-state index in [9.17, 15) is 9.59 Å². The molecule has 0 amide bonds. The molecule has 0 spiro atoms. The lowest BCUT2D eigenvalue weighted by Crippen LogP contribution is -2.02. The minimum Gasteiger partial charge on any atom is -0.386 e.